The standard InChI is InChI=1S/C22H25FN4O3/c1-26(15-21(29)25-18-5-2-4-16(23)14-18)13-11-20(28)24-17-7-9-19(10-8-17)27-12-3-6-22(27)30/h2,4-5,7-10,14H,3,6,11-13,15H2,1H3,(H,24,28)(H,25,29). The Morgan fingerprint density at radius 3 is 2.47 bits per heavy atom. The van der Waals surface area contributed by atoms with Crippen LogP contribution in [0.5, 0.6) is 0 Å². The number of benzene rings is 2. The maximum atomic E-state index is 13.2. The molecule has 8 heteroatoms. The number of hydrogen-bond donors (Lipinski definition) is 2. The van der Waals surface area contributed by atoms with Crippen LogP contribution < -0.4 is 15.5 Å². The maximum absolute atomic E-state index is 13.2. The van der Waals surface area contributed by atoms with Crippen molar-refractivity contribution in [1.82, 2.24) is 4.90 Å². The van der Waals surface area contributed by atoms with Gasteiger partial charge in [0.15, 0.2) is 0 Å². The van der Waals surface area contributed by atoms with E-state index in [-0.39, 0.29) is 30.7 Å². The average Bonchev–Trinajstić information content (AvgIpc) is 3.13. The van der Waals surface area contributed by atoms with Crippen molar-refractivity contribution in [3.05, 3.63) is 54.3 Å². The van der Waals surface area contributed by atoms with E-state index in [2.05, 4.69) is 10.6 Å². The number of anilines is 3. The van der Waals surface area contributed by atoms with Gasteiger partial charge in [-0.3, -0.25) is 19.3 Å². The molecule has 1 heterocycles. The van der Waals surface area contributed by atoms with Gasteiger partial charge in [0.05, 0.1) is 6.54 Å². The van der Waals surface area contributed by atoms with Gasteiger partial charge in [-0.1, -0.05) is 6.07 Å². The molecule has 1 aliphatic heterocycles. The summed E-state index contributed by atoms with van der Waals surface area (Å²) in [4.78, 5) is 39.5. The summed E-state index contributed by atoms with van der Waals surface area (Å²) in [7, 11) is 1.74. The molecule has 2 aromatic carbocycles. The van der Waals surface area contributed by atoms with Crippen molar-refractivity contribution < 1.29 is 18.8 Å². The Balaban J connectivity index is 1.40. The topological polar surface area (TPSA) is 81.8 Å². The molecule has 7 nitrogen and oxygen atoms in total. The Bertz CT molecular complexity index is 917. The van der Waals surface area contributed by atoms with E-state index in [1.807, 2.05) is 12.1 Å². The molecule has 3 rings (SSSR count). The first-order chi connectivity index (χ1) is 14.4. The molecule has 1 fully saturated rings. The van der Waals surface area contributed by atoms with Crippen LogP contribution in [-0.2, 0) is 14.4 Å². The lowest BCUT2D eigenvalue weighted by Gasteiger charge is -2.17. The largest absolute Gasteiger partial charge is 0.326 e. The van der Waals surface area contributed by atoms with Crippen molar-refractivity contribution in [2.75, 3.05) is 42.2 Å². The minimum absolute atomic E-state index is 0.0857. The van der Waals surface area contributed by atoms with E-state index in [1.54, 1.807) is 35.0 Å². The van der Waals surface area contributed by atoms with Gasteiger partial charge in [-0.25, -0.2) is 4.39 Å². The third-order valence-electron chi connectivity index (χ3n) is 4.78. The number of hydrogen-bond acceptors (Lipinski definition) is 4. The van der Waals surface area contributed by atoms with E-state index < -0.39 is 5.82 Å². The first-order valence-corrected chi connectivity index (χ1v) is 9.85. The van der Waals surface area contributed by atoms with Gasteiger partial charge in [-0.05, 0) is 55.9 Å². The fourth-order valence-corrected chi connectivity index (χ4v) is 3.25. The van der Waals surface area contributed by atoms with Gasteiger partial charge in [-0.15, -0.1) is 0 Å². The summed E-state index contributed by atoms with van der Waals surface area (Å²) in [5, 5.41) is 5.44. The molecule has 0 spiro atoms. The lowest BCUT2D eigenvalue weighted by atomic mass is 10.2. The van der Waals surface area contributed by atoms with Crippen molar-refractivity contribution in [3.8, 4) is 0 Å². The first-order valence-electron chi connectivity index (χ1n) is 9.85. The van der Waals surface area contributed by atoms with Crippen LogP contribution in [0.4, 0.5) is 21.5 Å². The number of likely N-dealkylation sites (N-methyl/N-ethyl adjacent to an activating group) is 1. The number of halogens is 1. The highest BCUT2D eigenvalue weighted by Gasteiger charge is 2.21. The van der Waals surface area contributed by atoms with E-state index >= 15 is 0 Å². The lowest BCUT2D eigenvalue weighted by molar-refractivity contribution is -0.119. The molecule has 0 unspecified atom stereocenters. The van der Waals surface area contributed by atoms with Crippen LogP contribution >= 0.6 is 0 Å². The zero-order valence-corrected chi connectivity index (χ0v) is 16.9. The molecule has 0 aromatic heterocycles. The van der Waals surface area contributed by atoms with Crippen molar-refractivity contribution in [3.63, 3.8) is 0 Å². The highest BCUT2D eigenvalue weighted by Crippen LogP contribution is 2.23. The molecule has 3 amide bonds. The summed E-state index contributed by atoms with van der Waals surface area (Å²) in [6.45, 7) is 1.20. The third kappa shape index (κ3) is 6.12. The predicted octanol–water partition coefficient (Wildman–Crippen LogP) is 2.85. The van der Waals surface area contributed by atoms with Crippen molar-refractivity contribution in [2.24, 2.45) is 0 Å². The summed E-state index contributed by atoms with van der Waals surface area (Å²) in [5.41, 5.74) is 1.88. The molecule has 2 aromatic rings. The minimum atomic E-state index is -0.419. The Labute approximate surface area is 174 Å². The van der Waals surface area contributed by atoms with Gasteiger partial charge < -0.3 is 15.5 Å². The summed E-state index contributed by atoms with van der Waals surface area (Å²) in [6.07, 6.45) is 1.66. The molecule has 0 bridgehead atoms. The molecule has 0 atom stereocenters. The van der Waals surface area contributed by atoms with Crippen molar-refractivity contribution in [2.45, 2.75) is 19.3 Å². The van der Waals surface area contributed by atoms with Crippen LogP contribution in [0, 0.1) is 5.82 Å². The summed E-state index contributed by atoms with van der Waals surface area (Å²) < 4.78 is 13.2. The third-order valence-corrected chi connectivity index (χ3v) is 4.78. The van der Waals surface area contributed by atoms with E-state index in [4.69, 9.17) is 0 Å². The Kier molecular flexibility index (Phi) is 7.13. The van der Waals surface area contributed by atoms with Gasteiger partial charge in [0.1, 0.15) is 5.82 Å². The smallest absolute Gasteiger partial charge is 0.238 e. The number of nitrogens with one attached hydrogen (secondary N) is 2. The van der Waals surface area contributed by atoms with Crippen LogP contribution in [0.2, 0.25) is 0 Å². The number of carbonyl (C=O) groups excluding carboxylic acids is 3. The monoisotopic (exact) mass is 412 g/mol. The maximum Gasteiger partial charge on any atom is 0.238 e. The van der Waals surface area contributed by atoms with E-state index in [1.165, 1.54) is 18.2 Å². The molecule has 1 aliphatic rings. The van der Waals surface area contributed by atoms with Crippen LogP contribution in [-0.4, -0.2) is 49.3 Å². The van der Waals surface area contributed by atoms with Crippen molar-refractivity contribution >= 4 is 34.8 Å². The molecule has 0 radical (unpaired) electrons. The van der Waals surface area contributed by atoms with E-state index in [0.717, 1.165) is 18.7 Å². The second-order valence-corrected chi connectivity index (χ2v) is 7.29. The van der Waals surface area contributed by atoms with Gasteiger partial charge in [-0.2, -0.15) is 0 Å². The zero-order chi connectivity index (χ0) is 21.5. The van der Waals surface area contributed by atoms with Crippen LogP contribution in [0.15, 0.2) is 48.5 Å². The lowest BCUT2D eigenvalue weighted by Crippen LogP contribution is -2.32. The molecular weight excluding hydrogens is 387 g/mol. The molecule has 1 saturated heterocycles. The average molecular weight is 412 g/mol. The van der Waals surface area contributed by atoms with Crippen LogP contribution in [0.1, 0.15) is 19.3 Å². The van der Waals surface area contributed by atoms with Gasteiger partial charge >= 0.3 is 0 Å². The fourth-order valence-electron chi connectivity index (χ4n) is 3.25. The first kappa shape index (κ1) is 21.4. The molecule has 30 heavy (non-hydrogen) atoms. The van der Waals surface area contributed by atoms with E-state index in [9.17, 15) is 18.8 Å². The van der Waals surface area contributed by atoms with Gasteiger partial charge in [0, 0.05) is 43.0 Å². The summed E-state index contributed by atoms with van der Waals surface area (Å²) >= 11 is 0. The van der Waals surface area contributed by atoms with Crippen molar-refractivity contribution in [1.29, 1.82) is 0 Å². The van der Waals surface area contributed by atoms with Crippen LogP contribution in [0.3, 0.4) is 0 Å². The SMILES string of the molecule is CN(CCC(=O)Nc1ccc(N2CCCC2=O)cc1)CC(=O)Nc1cccc(F)c1. The van der Waals surface area contributed by atoms with E-state index in [0.29, 0.717) is 24.3 Å². The molecule has 0 aliphatic carbocycles. The van der Waals surface area contributed by atoms with Gasteiger partial charge in [0.2, 0.25) is 17.7 Å². The van der Waals surface area contributed by atoms with Gasteiger partial charge in [0.25, 0.3) is 0 Å². The molecule has 158 valence electrons. The van der Waals surface area contributed by atoms with Crippen LogP contribution in [0.25, 0.3) is 0 Å². The summed E-state index contributed by atoms with van der Waals surface area (Å²) in [5.74, 6) is -0.748. The Morgan fingerprint density at radius 2 is 1.80 bits per heavy atom. The number of carbonyl (C=O) groups is 3. The highest BCUT2D eigenvalue weighted by molar-refractivity contribution is 5.96. The fraction of sp³-hybridized carbons (Fsp3) is 0.318. The number of nitrogens with zero attached hydrogens (tertiary/aromatic N) is 2. The highest BCUT2D eigenvalue weighted by atomic mass is 19.1. The second-order valence-electron chi connectivity index (χ2n) is 7.29. The quantitative estimate of drug-likeness (QED) is 0.699. The zero-order valence-electron chi connectivity index (χ0n) is 16.9. The normalized spacial score (nSPS) is 13.6. The Morgan fingerprint density at radius 1 is 1.07 bits per heavy atom. The Hall–Kier alpha value is -3.26. The molecule has 0 saturated carbocycles. The predicted molar refractivity (Wildman–Crippen MR) is 114 cm³/mol. The molecule has 2 N–H and O–H groups in total. The summed E-state index contributed by atoms with van der Waals surface area (Å²) in [6, 6.07) is 12.9. The second kappa shape index (κ2) is 9.98. The number of rotatable bonds is 8. The molecular formula is C22H25FN4O3. The number of amides is 3. The minimum Gasteiger partial charge on any atom is -0.326 e.